The molecule has 1 aromatic rings. The van der Waals surface area contributed by atoms with Gasteiger partial charge in [0.05, 0.1) is 6.17 Å². The first-order chi connectivity index (χ1) is 6.56. The normalized spacial score (nSPS) is 13.3. The van der Waals surface area contributed by atoms with Gasteiger partial charge in [0.15, 0.2) is 11.6 Å². The van der Waals surface area contributed by atoms with Crippen LogP contribution in [0.25, 0.3) is 0 Å². The number of halogens is 2. The molecule has 0 spiro atoms. The number of rotatable bonds is 3. The molecule has 0 bridgehead atoms. The van der Waals surface area contributed by atoms with Crippen molar-refractivity contribution in [2.24, 2.45) is 0 Å². The van der Waals surface area contributed by atoms with E-state index in [1.54, 1.807) is 13.1 Å². The lowest BCUT2D eigenvalue weighted by molar-refractivity contribution is 0.263. The zero-order valence-electron chi connectivity index (χ0n) is 8.51. The summed E-state index contributed by atoms with van der Waals surface area (Å²) in [6.07, 6.45) is -0.106. The lowest BCUT2D eigenvalue weighted by Crippen LogP contribution is -2.30. The fourth-order valence-electron chi connectivity index (χ4n) is 1.41. The molecule has 4 heteroatoms. The minimum atomic E-state index is -0.817. The van der Waals surface area contributed by atoms with Gasteiger partial charge in [0.25, 0.3) is 0 Å². The van der Waals surface area contributed by atoms with Crippen molar-refractivity contribution in [2.75, 3.05) is 21.1 Å². The molecule has 0 heterocycles. The zero-order chi connectivity index (χ0) is 10.7. The molecule has 2 nitrogen and oxygen atoms in total. The molecule has 0 saturated carbocycles. The third-order valence-corrected chi connectivity index (χ3v) is 2.05. The molecule has 0 aliphatic carbocycles. The molecule has 1 rings (SSSR count). The molecule has 0 aliphatic rings. The Balaban J connectivity index is 3.00. The predicted octanol–water partition coefficient (Wildman–Crippen LogP) is 1.74. The highest BCUT2D eigenvalue weighted by Crippen LogP contribution is 2.17. The van der Waals surface area contributed by atoms with Crippen LogP contribution in [0, 0.1) is 11.6 Å². The van der Waals surface area contributed by atoms with E-state index in [9.17, 15) is 8.78 Å². The smallest absolute Gasteiger partial charge is 0.159 e. The van der Waals surface area contributed by atoms with E-state index in [2.05, 4.69) is 5.32 Å². The summed E-state index contributed by atoms with van der Waals surface area (Å²) in [6, 6.07) is 3.91. The molecule has 0 amide bonds. The molecular weight excluding hydrogens is 186 g/mol. The molecular formula is C10H14F2N2. The summed E-state index contributed by atoms with van der Waals surface area (Å²) < 4.78 is 25.6. The van der Waals surface area contributed by atoms with E-state index >= 15 is 0 Å². The van der Waals surface area contributed by atoms with Crippen molar-refractivity contribution >= 4 is 0 Å². The van der Waals surface area contributed by atoms with E-state index in [0.29, 0.717) is 5.56 Å². The van der Waals surface area contributed by atoms with Crippen LogP contribution in [-0.2, 0) is 0 Å². The van der Waals surface area contributed by atoms with Crippen molar-refractivity contribution in [2.45, 2.75) is 6.17 Å². The fourth-order valence-corrected chi connectivity index (χ4v) is 1.41. The largest absolute Gasteiger partial charge is 0.301 e. The van der Waals surface area contributed by atoms with E-state index in [1.807, 2.05) is 19.0 Å². The van der Waals surface area contributed by atoms with Crippen molar-refractivity contribution in [1.82, 2.24) is 10.2 Å². The Morgan fingerprint density at radius 1 is 1.21 bits per heavy atom. The second kappa shape index (κ2) is 4.48. The summed E-state index contributed by atoms with van der Waals surface area (Å²) in [6.45, 7) is 0. The summed E-state index contributed by atoms with van der Waals surface area (Å²) in [5, 5.41) is 3.00. The van der Waals surface area contributed by atoms with Gasteiger partial charge < -0.3 is 5.32 Å². The topological polar surface area (TPSA) is 15.3 Å². The molecule has 0 radical (unpaired) electrons. The third kappa shape index (κ3) is 2.27. The van der Waals surface area contributed by atoms with E-state index in [0.717, 1.165) is 6.07 Å². The summed E-state index contributed by atoms with van der Waals surface area (Å²) in [7, 11) is 5.50. The fraction of sp³-hybridized carbons (Fsp3) is 0.400. The molecule has 0 saturated heterocycles. The molecule has 1 N–H and O–H groups in total. The maximum absolute atomic E-state index is 12.9. The quantitative estimate of drug-likeness (QED) is 0.748. The summed E-state index contributed by atoms with van der Waals surface area (Å²) in [5.41, 5.74) is 0.705. The average Bonchev–Trinajstić information content (AvgIpc) is 2.11. The van der Waals surface area contributed by atoms with Crippen LogP contribution in [0.5, 0.6) is 0 Å². The maximum atomic E-state index is 12.9. The van der Waals surface area contributed by atoms with Crippen molar-refractivity contribution in [1.29, 1.82) is 0 Å². The van der Waals surface area contributed by atoms with Gasteiger partial charge in [-0.1, -0.05) is 6.07 Å². The van der Waals surface area contributed by atoms with Gasteiger partial charge in [0.1, 0.15) is 0 Å². The van der Waals surface area contributed by atoms with E-state index in [-0.39, 0.29) is 6.17 Å². The highest BCUT2D eigenvalue weighted by Gasteiger charge is 2.13. The molecule has 78 valence electrons. The molecule has 1 atom stereocenters. The van der Waals surface area contributed by atoms with Gasteiger partial charge in [-0.2, -0.15) is 0 Å². The highest BCUT2D eigenvalue weighted by molar-refractivity contribution is 5.20. The van der Waals surface area contributed by atoms with Gasteiger partial charge >= 0.3 is 0 Å². The lowest BCUT2D eigenvalue weighted by atomic mass is 10.1. The zero-order valence-corrected chi connectivity index (χ0v) is 8.51. The second-order valence-corrected chi connectivity index (χ2v) is 3.33. The first-order valence-corrected chi connectivity index (χ1v) is 4.35. The highest BCUT2D eigenvalue weighted by atomic mass is 19.2. The monoisotopic (exact) mass is 200 g/mol. The van der Waals surface area contributed by atoms with Crippen LogP contribution < -0.4 is 5.32 Å². The first-order valence-electron chi connectivity index (χ1n) is 4.35. The molecule has 0 aliphatic heterocycles. The van der Waals surface area contributed by atoms with Gasteiger partial charge in [0, 0.05) is 0 Å². The number of hydrogen-bond donors (Lipinski definition) is 1. The Kier molecular flexibility index (Phi) is 3.55. The number of hydrogen-bond acceptors (Lipinski definition) is 2. The number of nitrogens with zero attached hydrogens (tertiary/aromatic N) is 1. The van der Waals surface area contributed by atoms with Crippen molar-refractivity contribution in [3.8, 4) is 0 Å². The Morgan fingerprint density at radius 2 is 1.86 bits per heavy atom. The molecule has 1 aromatic carbocycles. The minimum absolute atomic E-state index is 0.106. The molecule has 1 unspecified atom stereocenters. The third-order valence-electron chi connectivity index (χ3n) is 2.05. The van der Waals surface area contributed by atoms with Crippen molar-refractivity contribution in [3.63, 3.8) is 0 Å². The first kappa shape index (κ1) is 11.1. The van der Waals surface area contributed by atoms with Crippen LogP contribution in [0.1, 0.15) is 11.7 Å². The van der Waals surface area contributed by atoms with Crippen molar-refractivity contribution in [3.05, 3.63) is 35.4 Å². The second-order valence-electron chi connectivity index (χ2n) is 3.33. The van der Waals surface area contributed by atoms with Crippen LogP contribution in [0.2, 0.25) is 0 Å². The van der Waals surface area contributed by atoms with Crippen LogP contribution in [0.3, 0.4) is 0 Å². The Bertz CT molecular complexity index is 313. The summed E-state index contributed by atoms with van der Waals surface area (Å²) in [5.74, 6) is -1.63. The number of nitrogens with one attached hydrogen (secondary N) is 1. The standard InChI is InChI=1S/C10H14F2N2/c1-13-10(14(2)3)7-4-5-8(11)9(12)6-7/h4-6,10,13H,1-3H3. The molecule has 0 fully saturated rings. The van der Waals surface area contributed by atoms with Gasteiger partial charge in [0.2, 0.25) is 0 Å². The van der Waals surface area contributed by atoms with E-state index < -0.39 is 11.6 Å². The molecule has 14 heavy (non-hydrogen) atoms. The van der Waals surface area contributed by atoms with Gasteiger partial charge in [-0.05, 0) is 38.8 Å². The maximum Gasteiger partial charge on any atom is 0.159 e. The van der Waals surface area contributed by atoms with Crippen LogP contribution >= 0.6 is 0 Å². The molecule has 0 aromatic heterocycles. The number of benzene rings is 1. The minimum Gasteiger partial charge on any atom is -0.301 e. The average molecular weight is 200 g/mol. The van der Waals surface area contributed by atoms with Crippen LogP contribution in [0.15, 0.2) is 18.2 Å². The van der Waals surface area contributed by atoms with Crippen LogP contribution in [0.4, 0.5) is 8.78 Å². The lowest BCUT2D eigenvalue weighted by Gasteiger charge is -2.24. The van der Waals surface area contributed by atoms with Gasteiger partial charge in [-0.25, -0.2) is 8.78 Å². The van der Waals surface area contributed by atoms with E-state index in [1.165, 1.54) is 6.07 Å². The van der Waals surface area contributed by atoms with E-state index in [4.69, 9.17) is 0 Å². The SMILES string of the molecule is CNC(c1ccc(F)c(F)c1)N(C)C. The Hall–Kier alpha value is -1.00. The van der Waals surface area contributed by atoms with Gasteiger partial charge in [-0.15, -0.1) is 0 Å². The Labute approximate surface area is 82.5 Å². The summed E-state index contributed by atoms with van der Waals surface area (Å²) in [4.78, 5) is 1.88. The van der Waals surface area contributed by atoms with Gasteiger partial charge in [-0.3, -0.25) is 4.90 Å². The van der Waals surface area contributed by atoms with Crippen LogP contribution in [-0.4, -0.2) is 26.0 Å². The Morgan fingerprint density at radius 3 is 2.29 bits per heavy atom. The van der Waals surface area contributed by atoms with Crippen molar-refractivity contribution < 1.29 is 8.78 Å². The predicted molar refractivity (Wildman–Crippen MR) is 51.8 cm³/mol. The summed E-state index contributed by atoms with van der Waals surface area (Å²) >= 11 is 0.